The van der Waals surface area contributed by atoms with Gasteiger partial charge in [0.2, 0.25) is 0 Å². The van der Waals surface area contributed by atoms with Crippen LogP contribution in [0.1, 0.15) is 32.8 Å². The Labute approximate surface area is 210 Å². The zero-order chi connectivity index (χ0) is 26.2. The van der Waals surface area contributed by atoms with Crippen LogP contribution < -0.4 is 29.2 Å². The number of hydrogen-bond acceptors (Lipinski definition) is 5. The van der Waals surface area contributed by atoms with E-state index in [0.717, 1.165) is 37.2 Å². The molecule has 2 rings (SSSR count). The number of nitrogens with zero attached hydrogens (tertiary/aromatic N) is 2. The molecule has 0 fully saturated rings. The van der Waals surface area contributed by atoms with Crippen LogP contribution >= 0.6 is 0 Å². The largest absolute Gasteiger partial charge is 0.493 e. The molecule has 0 bridgehead atoms. The number of carbonyl (C=O) groups excluding carboxylic acids is 1. The summed E-state index contributed by atoms with van der Waals surface area (Å²) >= 11 is 0. The van der Waals surface area contributed by atoms with Gasteiger partial charge in [-0.2, -0.15) is 0 Å². The SMILES string of the molecule is COc1ccc(CC[N+](C)(CCCN(C(N)=O)C(C)(C)C)c2ccc(OC)c(OC)c2)cc1OC. The molecule has 2 aromatic rings. The van der Waals surface area contributed by atoms with Gasteiger partial charge in [0, 0.05) is 37.1 Å². The first-order chi connectivity index (χ1) is 16.5. The Hall–Kier alpha value is -3.13. The van der Waals surface area contributed by atoms with Gasteiger partial charge in [0.25, 0.3) is 0 Å². The van der Waals surface area contributed by atoms with Gasteiger partial charge in [0.05, 0.1) is 48.6 Å². The fourth-order valence-corrected chi connectivity index (χ4v) is 4.30. The summed E-state index contributed by atoms with van der Waals surface area (Å²) in [5.74, 6) is 2.80. The second-order valence-electron chi connectivity index (χ2n) is 9.84. The summed E-state index contributed by atoms with van der Waals surface area (Å²) in [6.45, 7) is 8.21. The topological polar surface area (TPSA) is 83.3 Å². The number of carbonyl (C=O) groups is 1. The summed E-state index contributed by atoms with van der Waals surface area (Å²) in [5.41, 5.74) is 7.59. The number of benzene rings is 2. The van der Waals surface area contributed by atoms with Gasteiger partial charge < -0.3 is 29.6 Å². The monoisotopic (exact) mass is 488 g/mol. The summed E-state index contributed by atoms with van der Waals surface area (Å²) < 4.78 is 22.5. The molecule has 2 aromatic carbocycles. The van der Waals surface area contributed by atoms with Crippen molar-refractivity contribution in [2.75, 3.05) is 55.1 Å². The molecule has 0 spiro atoms. The van der Waals surface area contributed by atoms with Crippen LogP contribution in [0.3, 0.4) is 0 Å². The first-order valence-corrected chi connectivity index (χ1v) is 11.8. The number of rotatable bonds is 12. The standard InChI is InChI=1S/C27H41N3O5/c1-27(2,3)29(26(28)31)15-9-16-30(4,21-11-13-23(33-6)25(19-21)35-8)17-14-20-10-12-22(32-5)24(18-20)34-7/h10-13,18-19H,9,14-17H2,1-8H3,(H-,28,31)/p+1. The molecular weight excluding hydrogens is 446 g/mol. The molecule has 0 saturated heterocycles. The summed E-state index contributed by atoms with van der Waals surface area (Å²) in [6, 6.07) is 11.7. The molecule has 0 aliphatic rings. The number of likely N-dealkylation sites (N-methyl/N-ethyl adjacent to an activating group) is 1. The number of quaternary nitrogens is 1. The predicted molar refractivity (Wildman–Crippen MR) is 141 cm³/mol. The number of ether oxygens (including phenoxy) is 4. The maximum Gasteiger partial charge on any atom is 0.315 e. The van der Waals surface area contributed by atoms with Crippen LogP contribution in [0.4, 0.5) is 10.5 Å². The van der Waals surface area contributed by atoms with Crippen LogP contribution in [0.15, 0.2) is 36.4 Å². The smallest absolute Gasteiger partial charge is 0.315 e. The van der Waals surface area contributed by atoms with Crippen molar-refractivity contribution in [3.8, 4) is 23.0 Å². The number of hydrogen-bond donors (Lipinski definition) is 1. The van der Waals surface area contributed by atoms with Gasteiger partial charge in [-0.1, -0.05) is 6.07 Å². The molecule has 0 aromatic heterocycles. The number of amides is 2. The van der Waals surface area contributed by atoms with Crippen LogP contribution in [0.25, 0.3) is 0 Å². The third kappa shape index (κ3) is 7.18. The van der Waals surface area contributed by atoms with E-state index in [9.17, 15) is 4.79 Å². The molecule has 2 N–H and O–H groups in total. The minimum Gasteiger partial charge on any atom is -0.493 e. The molecule has 0 saturated carbocycles. The highest BCUT2D eigenvalue weighted by Crippen LogP contribution is 2.35. The lowest BCUT2D eigenvalue weighted by Gasteiger charge is -2.37. The summed E-state index contributed by atoms with van der Waals surface area (Å²) in [7, 11) is 8.76. The fraction of sp³-hybridized carbons (Fsp3) is 0.519. The Morgan fingerprint density at radius 2 is 1.40 bits per heavy atom. The van der Waals surface area contributed by atoms with Crippen molar-refractivity contribution < 1.29 is 23.7 Å². The average Bonchev–Trinajstić information content (AvgIpc) is 2.83. The zero-order valence-electron chi connectivity index (χ0n) is 22.5. The first kappa shape index (κ1) is 28.1. The molecule has 1 unspecified atom stereocenters. The first-order valence-electron chi connectivity index (χ1n) is 11.8. The number of urea groups is 1. The van der Waals surface area contributed by atoms with Crippen molar-refractivity contribution in [1.29, 1.82) is 0 Å². The van der Waals surface area contributed by atoms with Crippen molar-refractivity contribution in [3.63, 3.8) is 0 Å². The Kier molecular flexibility index (Phi) is 9.65. The molecule has 1 atom stereocenters. The minimum atomic E-state index is -0.400. The Morgan fingerprint density at radius 3 is 1.91 bits per heavy atom. The van der Waals surface area contributed by atoms with Gasteiger partial charge in [0.15, 0.2) is 23.0 Å². The van der Waals surface area contributed by atoms with Gasteiger partial charge in [-0.15, -0.1) is 0 Å². The van der Waals surface area contributed by atoms with Crippen LogP contribution in [0.5, 0.6) is 23.0 Å². The van der Waals surface area contributed by atoms with Crippen molar-refractivity contribution >= 4 is 11.7 Å². The molecule has 8 nitrogen and oxygen atoms in total. The molecule has 0 heterocycles. The highest BCUT2D eigenvalue weighted by Gasteiger charge is 2.29. The van der Waals surface area contributed by atoms with E-state index in [2.05, 4.69) is 19.2 Å². The quantitative estimate of drug-likeness (QED) is 0.446. The number of nitrogens with two attached hydrogens (primary N) is 1. The van der Waals surface area contributed by atoms with Crippen molar-refractivity contribution in [2.45, 2.75) is 39.2 Å². The molecule has 8 heteroatoms. The van der Waals surface area contributed by atoms with E-state index < -0.39 is 6.03 Å². The third-order valence-electron chi connectivity index (χ3n) is 6.44. The van der Waals surface area contributed by atoms with E-state index in [0.29, 0.717) is 34.0 Å². The second kappa shape index (κ2) is 12.0. The van der Waals surface area contributed by atoms with Crippen molar-refractivity contribution in [3.05, 3.63) is 42.0 Å². The number of methoxy groups -OCH3 is 4. The zero-order valence-corrected chi connectivity index (χ0v) is 22.5. The van der Waals surface area contributed by atoms with E-state index in [-0.39, 0.29) is 5.54 Å². The van der Waals surface area contributed by atoms with Crippen LogP contribution in [0, 0.1) is 0 Å². The Bertz CT molecular complexity index is 989. The van der Waals surface area contributed by atoms with Gasteiger partial charge >= 0.3 is 6.03 Å². The molecule has 194 valence electrons. The van der Waals surface area contributed by atoms with Crippen molar-refractivity contribution in [1.82, 2.24) is 9.38 Å². The van der Waals surface area contributed by atoms with Crippen LogP contribution in [-0.4, -0.2) is 71.6 Å². The molecule has 35 heavy (non-hydrogen) atoms. The highest BCUT2D eigenvalue weighted by atomic mass is 16.5. The summed E-state index contributed by atoms with van der Waals surface area (Å²) in [6.07, 6.45) is 1.61. The average molecular weight is 489 g/mol. The molecule has 0 aliphatic carbocycles. The predicted octanol–water partition coefficient (Wildman–Crippen LogP) is 4.47. The third-order valence-corrected chi connectivity index (χ3v) is 6.44. The van der Waals surface area contributed by atoms with Crippen LogP contribution in [-0.2, 0) is 6.42 Å². The van der Waals surface area contributed by atoms with E-state index in [1.807, 2.05) is 45.0 Å². The van der Waals surface area contributed by atoms with Gasteiger partial charge in [-0.3, -0.25) is 4.48 Å². The normalized spacial score (nSPS) is 13.0. The van der Waals surface area contributed by atoms with Gasteiger partial charge in [-0.25, -0.2) is 4.79 Å². The molecule has 0 radical (unpaired) electrons. The minimum absolute atomic E-state index is 0.335. The lowest BCUT2D eigenvalue weighted by Crippen LogP contribution is -2.52. The lowest BCUT2D eigenvalue weighted by molar-refractivity contribution is 0.148. The number of primary amides is 1. The maximum atomic E-state index is 12.0. The highest BCUT2D eigenvalue weighted by molar-refractivity contribution is 5.72. The molecular formula is C27H42N3O5+. The van der Waals surface area contributed by atoms with Gasteiger partial charge in [-0.05, 0) is 44.5 Å². The molecule has 2 amide bonds. The van der Waals surface area contributed by atoms with Crippen molar-refractivity contribution in [2.24, 2.45) is 5.73 Å². The van der Waals surface area contributed by atoms with E-state index in [4.69, 9.17) is 24.7 Å². The Balaban J connectivity index is 2.32. The van der Waals surface area contributed by atoms with E-state index in [1.54, 1.807) is 33.3 Å². The molecule has 0 aliphatic heterocycles. The fourth-order valence-electron chi connectivity index (χ4n) is 4.30. The van der Waals surface area contributed by atoms with Crippen LogP contribution in [0.2, 0.25) is 0 Å². The lowest BCUT2D eigenvalue weighted by atomic mass is 10.1. The second-order valence-corrected chi connectivity index (χ2v) is 9.84. The Morgan fingerprint density at radius 1 is 0.857 bits per heavy atom. The van der Waals surface area contributed by atoms with Gasteiger partial charge in [0.1, 0.15) is 5.69 Å². The maximum absolute atomic E-state index is 12.0. The van der Waals surface area contributed by atoms with E-state index >= 15 is 0 Å². The summed E-state index contributed by atoms with van der Waals surface area (Å²) in [4.78, 5) is 13.8. The van der Waals surface area contributed by atoms with E-state index in [1.165, 1.54) is 0 Å². The summed E-state index contributed by atoms with van der Waals surface area (Å²) in [5, 5.41) is 0.